The van der Waals surface area contributed by atoms with E-state index >= 15 is 0 Å². The standard InChI is InChI=1S/C16H22N2O4/c19-15(17-11-8-6-10(7-9-11)16(20)21)14-12-4-2-1-3-5-13(12)22-18-14/h10-11H,1-9H2,(H,17,19)(H,20,21). The number of aromatic nitrogens is 1. The highest BCUT2D eigenvalue weighted by Crippen LogP contribution is 2.26. The number of fused-ring (bicyclic) bond motifs is 1. The molecule has 2 aliphatic carbocycles. The van der Waals surface area contributed by atoms with E-state index < -0.39 is 5.97 Å². The van der Waals surface area contributed by atoms with E-state index in [1.165, 1.54) is 0 Å². The zero-order valence-corrected chi connectivity index (χ0v) is 12.6. The zero-order chi connectivity index (χ0) is 15.5. The first kappa shape index (κ1) is 15.1. The van der Waals surface area contributed by atoms with Gasteiger partial charge in [-0.15, -0.1) is 0 Å². The van der Waals surface area contributed by atoms with Crippen molar-refractivity contribution < 1.29 is 19.2 Å². The number of aliphatic carboxylic acids is 1. The summed E-state index contributed by atoms with van der Waals surface area (Å²) in [5.41, 5.74) is 1.39. The monoisotopic (exact) mass is 306 g/mol. The lowest BCUT2D eigenvalue weighted by Crippen LogP contribution is -2.39. The molecule has 1 saturated carbocycles. The van der Waals surface area contributed by atoms with Gasteiger partial charge in [0.2, 0.25) is 0 Å². The van der Waals surface area contributed by atoms with Crippen LogP contribution in [-0.2, 0) is 17.6 Å². The highest BCUT2D eigenvalue weighted by atomic mass is 16.5. The van der Waals surface area contributed by atoms with Crippen molar-refractivity contribution in [1.29, 1.82) is 0 Å². The summed E-state index contributed by atoms with van der Waals surface area (Å²) in [6.45, 7) is 0. The number of nitrogens with zero attached hydrogens (tertiary/aromatic N) is 1. The van der Waals surface area contributed by atoms with Crippen molar-refractivity contribution in [2.45, 2.75) is 63.8 Å². The van der Waals surface area contributed by atoms with Crippen LogP contribution in [0.3, 0.4) is 0 Å². The van der Waals surface area contributed by atoms with Crippen LogP contribution in [0.5, 0.6) is 0 Å². The SMILES string of the molecule is O=C(NC1CCC(C(=O)O)CC1)c1noc2c1CCCCC2. The number of carbonyl (C=O) groups is 2. The number of carbonyl (C=O) groups excluding carboxylic acids is 1. The van der Waals surface area contributed by atoms with Gasteiger partial charge in [-0.2, -0.15) is 0 Å². The predicted octanol–water partition coefficient (Wildman–Crippen LogP) is 2.32. The van der Waals surface area contributed by atoms with E-state index in [0.717, 1.165) is 43.4 Å². The summed E-state index contributed by atoms with van der Waals surface area (Å²) in [7, 11) is 0. The van der Waals surface area contributed by atoms with Crippen LogP contribution in [0, 0.1) is 5.92 Å². The number of amides is 1. The normalized spacial score (nSPS) is 25.1. The fourth-order valence-electron chi connectivity index (χ4n) is 3.48. The Hall–Kier alpha value is -1.85. The minimum atomic E-state index is -0.730. The summed E-state index contributed by atoms with van der Waals surface area (Å²) >= 11 is 0. The number of rotatable bonds is 3. The second-order valence-corrected chi connectivity index (χ2v) is 6.35. The number of carboxylic acids is 1. The molecule has 0 aromatic carbocycles. The molecule has 0 aliphatic heterocycles. The van der Waals surface area contributed by atoms with Crippen molar-refractivity contribution in [2.75, 3.05) is 0 Å². The largest absolute Gasteiger partial charge is 0.481 e. The molecule has 0 bridgehead atoms. The summed E-state index contributed by atoms with van der Waals surface area (Å²) in [6.07, 6.45) is 7.69. The molecule has 120 valence electrons. The van der Waals surface area contributed by atoms with Gasteiger partial charge in [-0.1, -0.05) is 11.6 Å². The fourth-order valence-corrected chi connectivity index (χ4v) is 3.48. The maximum atomic E-state index is 12.4. The molecule has 1 fully saturated rings. The van der Waals surface area contributed by atoms with Crippen molar-refractivity contribution in [3.63, 3.8) is 0 Å². The quantitative estimate of drug-likeness (QED) is 0.836. The number of nitrogens with one attached hydrogen (secondary N) is 1. The summed E-state index contributed by atoms with van der Waals surface area (Å²) in [5, 5.41) is 16.0. The lowest BCUT2D eigenvalue weighted by molar-refractivity contribution is -0.142. The molecule has 2 N–H and O–H groups in total. The molecule has 6 heteroatoms. The highest BCUT2D eigenvalue weighted by Gasteiger charge is 2.29. The molecule has 1 amide bonds. The van der Waals surface area contributed by atoms with E-state index in [4.69, 9.17) is 9.63 Å². The van der Waals surface area contributed by atoms with E-state index in [1.807, 2.05) is 0 Å². The minimum Gasteiger partial charge on any atom is -0.481 e. The van der Waals surface area contributed by atoms with Crippen molar-refractivity contribution in [2.24, 2.45) is 5.92 Å². The van der Waals surface area contributed by atoms with Crippen LogP contribution in [0.4, 0.5) is 0 Å². The van der Waals surface area contributed by atoms with E-state index in [0.29, 0.717) is 31.4 Å². The van der Waals surface area contributed by atoms with Gasteiger partial charge in [-0.25, -0.2) is 0 Å². The van der Waals surface area contributed by atoms with Gasteiger partial charge in [0, 0.05) is 18.0 Å². The summed E-state index contributed by atoms with van der Waals surface area (Å²) in [5.74, 6) is -0.314. The first-order valence-electron chi connectivity index (χ1n) is 8.16. The van der Waals surface area contributed by atoms with Crippen LogP contribution < -0.4 is 5.32 Å². The molecule has 2 aliphatic rings. The highest BCUT2D eigenvalue weighted by molar-refractivity contribution is 5.94. The lowest BCUT2D eigenvalue weighted by atomic mass is 9.86. The van der Waals surface area contributed by atoms with Gasteiger partial charge in [0.15, 0.2) is 5.69 Å². The first-order valence-corrected chi connectivity index (χ1v) is 8.16. The molecule has 1 heterocycles. The van der Waals surface area contributed by atoms with Crippen molar-refractivity contribution in [1.82, 2.24) is 10.5 Å². The van der Waals surface area contributed by atoms with Crippen LogP contribution in [0.15, 0.2) is 4.52 Å². The molecule has 6 nitrogen and oxygen atoms in total. The smallest absolute Gasteiger partial charge is 0.306 e. The van der Waals surface area contributed by atoms with E-state index in [1.54, 1.807) is 0 Å². The van der Waals surface area contributed by atoms with Gasteiger partial charge >= 0.3 is 5.97 Å². The van der Waals surface area contributed by atoms with Gasteiger partial charge in [0.1, 0.15) is 5.76 Å². The molecule has 0 atom stereocenters. The third-order valence-corrected chi connectivity index (χ3v) is 4.83. The van der Waals surface area contributed by atoms with E-state index in [9.17, 15) is 9.59 Å². The lowest BCUT2D eigenvalue weighted by Gasteiger charge is -2.26. The number of hydrogen-bond acceptors (Lipinski definition) is 4. The van der Waals surface area contributed by atoms with Crippen molar-refractivity contribution >= 4 is 11.9 Å². The van der Waals surface area contributed by atoms with Crippen LogP contribution >= 0.6 is 0 Å². The summed E-state index contributed by atoms with van der Waals surface area (Å²) in [6, 6.07) is 0.0428. The van der Waals surface area contributed by atoms with Gasteiger partial charge in [-0.05, 0) is 44.9 Å². The molecule has 22 heavy (non-hydrogen) atoms. The second kappa shape index (κ2) is 6.50. The Morgan fingerprint density at radius 2 is 1.82 bits per heavy atom. The number of hydrogen-bond donors (Lipinski definition) is 2. The molecule has 1 aromatic heterocycles. The maximum Gasteiger partial charge on any atom is 0.306 e. The molecule has 0 spiro atoms. The van der Waals surface area contributed by atoms with Crippen LogP contribution in [0.1, 0.15) is 66.8 Å². The first-order chi connectivity index (χ1) is 10.6. The molecule has 0 saturated heterocycles. The average Bonchev–Trinajstić information content (AvgIpc) is 2.77. The van der Waals surface area contributed by atoms with Gasteiger partial charge in [0.05, 0.1) is 5.92 Å². The van der Waals surface area contributed by atoms with E-state index in [2.05, 4.69) is 10.5 Å². The average molecular weight is 306 g/mol. The Morgan fingerprint density at radius 1 is 1.09 bits per heavy atom. The van der Waals surface area contributed by atoms with Crippen LogP contribution in [0.2, 0.25) is 0 Å². The Bertz CT molecular complexity index is 558. The second-order valence-electron chi connectivity index (χ2n) is 6.35. The molecule has 0 unspecified atom stereocenters. The molecule has 3 rings (SSSR count). The third kappa shape index (κ3) is 3.15. The number of carboxylic acid groups (broad SMARTS) is 1. The van der Waals surface area contributed by atoms with Crippen molar-refractivity contribution in [3.8, 4) is 0 Å². The molecular formula is C16H22N2O4. The Morgan fingerprint density at radius 3 is 2.55 bits per heavy atom. The number of aryl methyl sites for hydroxylation is 1. The van der Waals surface area contributed by atoms with Crippen LogP contribution in [-0.4, -0.2) is 28.2 Å². The van der Waals surface area contributed by atoms with Crippen molar-refractivity contribution in [3.05, 3.63) is 17.0 Å². The molecule has 0 radical (unpaired) electrons. The van der Waals surface area contributed by atoms with Gasteiger partial charge in [0.25, 0.3) is 5.91 Å². The Labute approximate surface area is 129 Å². The maximum absolute atomic E-state index is 12.4. The predicted molar refractivity (Wildman–Crippen MR) is 78.6 cm³/mol. The van der Waals surface area contributed by atoms with Gasteiger partial charge < -0.3 is 14.9 Å². The summed E-state index contributed by atoms with van der Waals surface area (Å²) < 4.78 is 5.34. The Balaban J connectivity index is 1.61. The van der Waals surface area contributed by atoms with E-state index in [-0.39, 0.29) is 17.9 Å². The van der Waals surface area contributed by atoms with Crippen LogP contribution in [0.25, 0.3) is 0 Å². The third-order valence-electron chi connectivity index (χ3n) is 4.83. The zero-order valence-electron chi connectivity index (χ0n) is 12.6. The van der Waals surface area contributed by atoms with Gasteiger partial charge in [-0.3, -0.25) is 9.59 Å². The fraction of sp³-hybridized carbons (Fsp3) is 0.688. The minimum absolute atomic E-state index is 0.0428. The molecular weight excluding hydrogens is 284 g/mol. The topological polar surface area (TPSA) is 92.4 Å². The summed E-state index contributed by atoms with van der Waals surface area (Å²) in [4.78, 5) is 23.4. The molecule has 1 aromatic rings. The Kier molecular flexibility index (Phi) is 4.45.